The molecule has 0 aliphatic carbocycles. The molecule has 1 rings (SSSR count). The van der Waals surface area contributed by atoms with Gasteiger partial charge in [0.1, 0.15) is 5.75 Å². The van der Waals surface area contributed by atoms with Crippen molar-refractivity contribution in [2.45, 2.75) is 38.5 Å². The minimum absolute atomic E-state index is 0.0561. The van der Waals surface area contributed by atoms with Crippen molar-refractivity contribution in [3.8, 4) is 5.75 Å². The van der Waals surface area contributed by atoms with Gasteiger partial charge < -0.3 is 14.6 Å². The highest BCUT2D eigenvalue weighted by molar-refractivity contribution is 5.98. The Morgan fingerprint density at radius 2 is 1.74 bits per heavy atom. The summed E-state index contributed by atoms with van der Waals surface area (Å²) >= 11 is 0. The molecule has 0 amide bonds. The number of methoxy groups -OCH3 is 2. The van der Waals surface area contributed by atoms with Gasteiger partial charge in [0.2, 0.25) is 0 Å². The molecule has 1 N–H and O–H groups in total. The van der Waals surface area contributed by atoms with E-state index in [4.69, 9.17) is 9.84 Å². The molecular weight excluding hydrogens is 300 g/mol. The molecule has 0 bridgehead atoms. The minimum Gasteiger partial charge on any atom is -0.496 e. The Labute approximate surface area is 135 Å². The molecule has 0 spiro atoms. The van der Waals surface area contributed by atoms with Crippen LogP contribution in [0.4, 0.5) is 0 Å². The number of aliphatic carboxylic acids is 1. The van der Waals surface area contributed by atoms with E-state index in [2.05, 4.69) is 4.74 Å². The number of unbranched alkanes of at least 4 members (excludes halogenated alkanes) is 1. The second-order valence-corrected chi connectivity index (χ2v) is 5.09. The van der Waals surface area contributed by atoms with Gasteiger partial charge in [0.25, 0.3) is 0 Å². The molecule has 0 radical (unpaired) electrons. The molecule has 1 aromatic rings. The molecule has 0 saturated heterocycles. The number of Topliss-reactive ketones (excluding diaryl/α,β-unsaturated/α-hetero) is 1. The lowest BCUT2D eigenvalue weighted by atomic mass is 9.96. The Morgan fingerprint density at radius 1 is 1.04 bits per heavy atom. The van der Waals surface area contributed by atoms with Gasteiger partial charge in [0.15, 0.2) is 5.78 Å². The number of ketones is 1. The van der Waals surface area contributed by atoms with E-state index in [9.17, 15) is 14.4 Å². The summed E-state index contributed by atoms with van der Waals surface area (Å²) < 4.78 is 9.90. The Hall–Kier alpha value is -2.37. The summed E-state index contributed by atoms with van der Waals surface area (Å²) in [6.45, 7) is 0. The molecule has 6 nitrogen and oxygen atoms in total. The largest absolute Gasteiger partial charge is 0.496 e. The lowest BCUT2D eigenvalue weighted by Crippen LogP contribution is -2.09. The number of esters is 1. The standard InChI is InChI=1S/C17H22O6/c1-22-15-8-5-6-12(13(15)10-11-17(21)23-2)14(18)7-3-4-9-16(19)20/h5-6,8H,3-4,7,9-11H2,1-2H3,(H,19,20). The molecule has 0 atom stereocenters. The van der Waals surface area contributed by atoms with Crippen molar-refractivity contribution < 1.29 is 29.0 Å². The number of carboxylic acids is 1. The zero-order valence-electron chi connectivity index (χ0n) is 13.5. The Bertz CT molecular complexity index is 564. The monoisotopic (exact) mass is 322 g/mol. The van der Waals surface area contributed by atoms with E-state index >= 15 is 0 Å². The van der Waals surface area contributed by atoms with E-state index < -0.39 is 5.97 Å². The highest BCUT2D eigenvalue weighted by atomic mass is 16.5. The molecule has 0 aliphatic rings. The van der Waals surface area contributed by atoms with E-state index in [1.54, 1.807) is 18.2 Å². The van der Waals surface area contributed by atoms with E-state index in [1.165, 1.54) is 14.2 Å². The molecule has 126 valence electrons. The second kappa shape index (κ2) is 9.61. The zero-order valence-corrected chi connectivity index (χ0v) is 13.5. The fourth-order valence-corrected chi connectivity index (χ4v) is 2.30. The maximum Gasteiger partial charge on any atom is 0.305 e. The number of carboxylic acid groups (broad SMARTS) is 1. The van der Waals surface area contributed by atoms with Crippen LogP contribution < -0.4 is 4.74 Å². The van der Waals surface area contributed by atoms with Crippen LogP contribution in [0.1, 0.15) is 48.0 Å². The van der Waals surface area contributed by atoms with Crippen molar-refractivity contribution in [2.75, 3.05) is 14.2 Å². The van der Waals surface area contributed by atoms with Crippen molar-refractivity contribution in [2.24, 2.45) is 0 Å². The number of carbonyl (C=O) groups is 3. The first-order valence-corrected chi connectivity index (χ1v) is 7.47. The summed E-state index contributed by atoms with van der Waals surface area (Å²) in [5.74, 6) is -0.729. The lowest BCUT2D eigenvalue weighted by molar-refractivity contribution is -0.140. The van der Waals surface area contributed by atoms with Crippen LogP contribution in [0, 0.1) is 0 Å². The second-order valence-electron chi connectivity index (χ2n) is 5.09. The summed E-state index contributed by atoms with van der Waals surface area (Å²) in [7, 11) is 2.83. The highest BCUT2D eigenvalue weighted by Crippen LogP contribution is 2.25. The lowest BCUT2D eigenvalue weighted by Gasteiger charge is -2.13. The molecule has 0 unspecified atom stereocenters. The van der Waals surface area contributed by atoms with Crippen molar-refractivity contribution in [1.29, 1.82) is 0 Å². The van der Waals surface area contributed by atoms with Gasteiger partial charge in [-0.25, -0.2) is 0 Å². The topological polar surface area (TPSA) is 89.9 Å². The molecule has 23 heavy (non-hydrogen) atoms. The van der Waals surface area contributed by atoms with E-state index in [1.807, 2.05) is 0 Å². The van der Waals surface area contributed by atoms with Crippen molar-refractivity contribution in [1.82, 2.24) is 0 Å². The summed E-state index contributed by atoms with van der Waals surface area (Å²) in [5, 5.41) is 8.61. The van der Waals surface area contributed by atoms with Crippen molar-refractivity contribution >= 4 is 17.7 Å². The number of carbonyl (C=O) groups excluding carboxylic acids is 2. The predicted octanol–water partition coefficient (Wildman–Crippen LogP) is 2.63. The SMILES string of the molecule is COC(=O)CCc1c(OC)cccc1C(=O)CCCCC(=O)O. The normalized spacial score (nSPS) is 10.2. The van der Waals surface area contributed by atoms with Gasteiger partial charge >= 0.3 is 11.9 Å². The molecule has 0 saturated carbocycles. The summed E-state index contributed by atoms with van der Waals surface area (Å²) in [4.78, 5) is 34.2. The van der Waals surface area contributed by atoms with Gasteiger partial charge in [-0.15, -0.1) is 0 Å². The molecule has 0 fully saturated rings. The molecule has 1 aromatic carbocycles. The van der Waals surface area contributed by atoms with Crippen LogP contribution in [0.5, 0.6) is 5.75 Å². The van der Waals surface area contributed by atoms with Crippen LogP contribution in [-0.2, 0) is 20.7 Å². The number of hydrogen-bond acceptors (Lipinski definition) is 5. The molecule has 0 aliphatic heterocycles. The summed E-state index contributed by atoms with van der Waals surface area (Å²) in [6.07, 6.45) is 1.82. The van der Waals surface area contributed by atoms with Crippen LogP contribution in [0.15, 0.2) is 18.2 Å². The third-order valence-electron chi connectivity index (χ3n) is 3.50. The number of hydrogen-bond donors (Lipinski definition) is 1. The van der Waals surface area contributed by atoms with Crippen LogP contribution >= 0.6 is 0 Å². The first-order chi connectivity index (χ1) is 11.0. The Kier molecular flexibility index (Phi) is 7.80. The number of ether oxygens (including phenoxy) is 2. The predicted molar refractivity (Wildman–Crippen MR) is 83.8 cm³/mol. The Balaban J connectivity index is 2.81. The third kappa shape index (κ3) is 6.10. The fraction of sp³-hybridized carbons (Fsp3) is 0.471. The average Bonchev–Trinajstić information content (AvgIpc) is 2.55. The van der Waals surface area contributed by atoms with Gasteiger partial charge in [0.05, 0.1) is 14.2 Å². The number of rotatable bonds is 10. The van der Waals surface area contributed by atoms with E-state index in [0.717, 1.165) is 0 Å². The fourth-order valence-electron chi connectivity index (χ4n) is 2.30. The van der Waals surface area contributed by atoms with Crippen molar-refractivity contribution in [3.05, 3.63) is 29.3 Å². The maximum atomic E-state index is 12.4. The maximum absolute atomic E-state index is 12.4. The van der Waals surface area contributed by atoms with Gasteiger partial charge in [-0.2, -0.15) is 0 Å². The minimum atomic E-state index is -0.863. The van der Waals surface area contributed by atoms with Gasteiger partial charge in [-0.3, -0.25) is 14.4 Å². The summed E-state index contributed by atoms with van der Waals surface area (Å²) in [6, 6.07) is 5.17. The number of benzene rings is 1. The van der Waals surface area contributed by atoms with Gasteiger partial charge in [-0.1, -0.05) is 12.1 Å². The van der Waals surface area contributed by atoms with E-state index in [-0.39, 0.29) is 31.0 Å². The average molecular weight is 322 g/mol. The molecular formula is C17H22O6. The van der Waals surface area contributed by atoms with Crippen LogP contribution in [0.2, 0.25) is 0 Å². The molecule has 6 heteroatoms. The Morgan fingerprint density at radius 3 is 2.35 bits per heavy atom. The van der Waals surface area contributed by atoms with E-state index in [0.29, 0.717) is 36.1 Å². The van der Waals surface area contributed by atoms with Gasteiger partial charge in [-0.05, 0) is 25.3 Å². The van der Waals surface area contributed by atoms with Crippen LogP contribution in [-0.4, -0.2) is 37.0 Å². The first-order valence-electron chi connectivity index (χ1n) is 7.47. The zero-order chi connectivity index (χ0) is 17.2. The highest BCUT2D eigenvalue weighted by Gasteiger charge is 2.16. The molecule has 0 aromatic heterocycles. The molecule has 0 heterocycles. The van der Waals surface area contributed by atoms with Gasteiger partial charge in [0, 0.05) is 30.4 Å². The first kappa shape index (κ1) is 18.7. The third-order valence-corrected chi connectivity index (χ3v) is 3.50. The van der Waals surface area contributed by atoms with Crippen LogP contribution in [0.25, 0.3) is 0 Å². The summed E-state index contributed by atoms with van der Waals surface area (Å²) in [5.41, 5.74) is 1.20. The quantitative estimate of drug-likeness (QED) is 0.404. The van der Waals surface area contributed by atoms with Crippen LogP contribution in [0.3, 0.4) is 0 Å². The smallest absolute Gasteiger partial charge is 0.305 e. The van der Waals surface area contributed by atoms with Crippen molar-refractivity contribution in [3.63, 3.8) is 0 Å².